The van der Waals surface area contributed by atoms with Gasteiger partial charge in [-0.1, -0.05) is 0 Å². The SMILES string of the molecule is Cc1ncc(CN)n1Cc1ccc(Br)cn1. The lowest BCUT2D eigenvalue weighted by Gasteiger charge is -2.08. The van der Waals surface area contributed by atoms with E-state index in [-0.39, 0.29) is 0 Å². The van der Waals surface area contributed by atoms with Crippen molar-refractivity contribution in [1.29, 1.82) is 0 Å². The highest BCUT2D eigenvalue weighted by Crippen LogP contribution is 2.11. The molecule has 0 radical (unpaired) electrons. The van der Waals surface area contributed by atoms with Crippen LogP contribution in [0.4, 0.5) is 0 Å². The Morgan fingerprint density at radius 1 is 1.31 bits per heavy atom. The predicted octanol–water partition coefficient (Wildman–Crippen LogP) is 1.86. The third-order valence-electron chi connectivity index (χ3n) is 2.46. The van der Waals surface area contributed by atoms with Gasteiger partial charge in [0.1, 0.15) is 5.82 Å². The van der Waals surface area contributed by atoms with Crippen LogP contribution in [0.2, 0.25) is 0 Å². The van der Waals surface area contributed by atoms with Crippen molar-refractivity contribution in [2.45, 2.75) is 20.0 Å². The zero-order valence-electron chi connectivity index (χ0n) is 9.02. The van der Waals surface area contributed by atoms with Crippen molar-refractivity contribution in [3.05, 3.63) is 46.2 Å². The summed E-state index contributed by atoms with van der Waals surface area (Å²) in [5.41, 5.74) is 7.68. The zero-order chi connectivity index (χ0) is 11.5. The quantitative estimate of drug-likeness (QED) is 0.934. The van der Waals surface area contributed by atoms with E-state index in [9.17, 15) is 0 Å². The van der Waals surface area contributed by atoms with Gasteiger partial charge in [0.25, 0.3) is 0 Å². The first-order chi connectivity index (χ1) is 7.70. The summed E-state index contributed by atoms with van der Waals surface area (Å²) in [6, 6.07) is 3.97. The van der Waals surface area contributed by atoms with E-state index in [1.165, 1.54) is 0 Å². The molecule has 0 bridgehead atoms. The van der Waals surface area contributed by atoms with Crippen LogP contribution in [-0.4, -0.2) is 14.5 Å². The number of aromatic nitrogens is 3. The zero-order valence-corrected chi connectivity index (χ0v) is 10.6. The van der Waals surface area contributed by atoms with Gasteiger partial charge in [-0.3, -0.25) is 4.98 Å². The van der Waals surface area contributed by atoms with Crippen molar-refractivity contribution in [3.8, 4) is 0 Å². The van der Waals surface area contributed by atoms with E-state index in [0.29, 0.717) is 13.1 Å². The van der Waals surface area contributed by atoms with Gasteiger partial charge in [-0.2, -0.15) is 0 Å². The molecule has 4 nitrogen and oxygen atoms in total. The van der Waals surface area contributed by atoms with Crippen LogP contribution in [0.1, 0.15) is 17.2 Å². The Hall–Kier alpha value is -1.20. The van der Waals surface area contributed by atoms with Crippen molar-refractivity contribution in [1.82, 2.24) is 14.5 Å². The molecule has 2 rings (SSSR count). The third-order valence-corrected chi connectivity index (χ3v) is 2.92. The fourth-order valence-corrected chi connectivity index (χ4v) is 1.79. The summed E-state index contributed by atoms with van der Waals surface area (Å²) in [5, 5.41) is 0. The molecule has 0 aliphatic rings. The number of hydrogen-bond acceptors (Lipinski definition) is 3. The molecular formula is C11H13BrN4. The Morgan fingerprint density at radius 2 is 2.12 bits per heavy atom. The fraction of sp³-hybridized carbons (Fsp3) is 0.273. The molecule has 2 heterocycles. The van der Waals surface area contributed by atoms with Crippen LogP contribution in [0.15, 0.2) is 29.0 Å². The number of nitrogens with zero attached hydrogens (tertiary/aromatic N) is 3. The lowest BCUT2D eigenvalue weighted by atomic mass is 10.3. The van der Waals surface area contributed by atoms with Crippen LogP contribution in [0.3, 0.4) is 0 Å². The van der Waals surface area contributed by atoms with Crippen LogP contribution in [0.5, 0.6) is 0 Å². The van der Waals surface area contributed by atoms with Crippen LogP contribution in [0, 0.1) is 6.92 Å². The second-order valence-electron chi connectivity index (χ2n) is 3.55. The molecule has 0 saturated heterocycles. The molecule has 2 aromatic heterocycles. The lowest BCUT2D eigenvalue weighted by molar-refractivity contribution is 0.699. The molecule has 5 heteroatoms. The Bertz CT molecular complexity index is 475. The maximum absolute atomic E-state index is 5.65. The Labute approximate surface area is 103 Å². The summed E-state index contributed by atoms with van der Waals surface area (Å²) in [5.74, 6) is 0.963. The van der Waals surface area contributed by atoms with Gasteiger partial charge in [-0.25, -0.2) is 4.98 Å². The molecule has 0 aliphatic carbocycles. The number of pyridine rings is 1. The molecule has 0 atom stereocenters. The maximum Gasteiger partial charge on any atom is 0.106 e. The van der Waals surface area contributed by atoms with E-state index in [0.717, 1.165) is 21.7 Å². The summed E-state index contributed by atoms with van der Waals surface area (Å²) in [6.45, 7) is 3.18. The minimum atomic E-state index is 0.497. The van der Waals surface area contributed by atoms with E-state index in [1.54, 1.807) is 6.20 Å². The van der Waals surface area contributed by atoms with Gasteiger partial charge in [0.2, 0.25) is 0 Å². The lowest BCUT2D eigenvalue weighted by Crippen LogP contribution is -2.10. The van der Waals surface area contributed by atoms with Crippen LogP contribution < -0.4 is 5.73 Å². The molecule has 0 fully saturated rings. The van der Waals surface area contributed by atoms with E-state index in [1.807, 2.05) is 25.3 Å². The monoisotopic (exact) mass is 280 g/mol. The smallest absolute Gasteiger partial charge is 0.106 e. The number of aryl methyl sites for hydroxylation is 1. The summed E-state index contributed by atoms with van der Waals surface area (Å²) >= 11 is 3.36. The molecule has 0 saturated carbocycles. The van der Waals surface area contributed by atoms with E-state index >= 15 is 0 Å². The second kappa shape index (κ2) is 4.76. The van der Waals surface area contributed by atoms with Gasteiger partial charge in [-0.05, 0) is 35.0 Å². The third kappa shape index (κ3) is 2.31. The van der Waals surface area contributed by atoms with Crippen molar-refractivity contribution in [2.24, 2.45) is 5.73 Å². The van der Waals surface area contributed by atoms with Gasteiger partial charge in [-0.15, -0.1) is 0 Å². The first-order valence-electron chi connectivity index (χ1n) is 5.02. The molecule has 16 heavy (non-hydrogen) atoms. The topological polar surface area (TPSA) is 56.7 Å². The van der Waals surface area contributed by atoms with Crippen molar-refractivity contribution in [3.63, 3.8) is 0 Å². The normalized spacial score (nSPS) is 10.7. The number of halogens is 1. The predicted molar refractivity (Wildman–Crippen MR) is 65.9 cm³/mol. The molecule has 0 amide bonds. The minimum absolute atomic E-state index is 0.497. The average molecular weight is 281 g/mol. The van der Waals surface area contributed by atoms with E-state index in [2.05, 4.69) is 30.5 Å². The Morgan fingerprint density at radius 3 is 2.75 bits per heavy atom. The van der Waals surface area contributed by atoms with Gasteiger partial charge in [0, 0.05) is 23.4 Å². The summed E-state index contributed by atoms with van der Waals surface area (Å²) in [7, 11) is 0. The number of nitrogens with two attached hydrogens (primary N) is 1. The molecule has 0 aromatic carbocycles. The molecule has 2 N–H and O–H groups in total. The molecule has 2 aromatic rings. The Balaban J connectivity index is 2.26. The molecule has 84 valence electrons. The van der Waals surface area contributed by atoms with E-state index < -0.39 is 0 Å². The number of rotatable bonds is 3. The van der Waals surface area contributed by atoms with Crippen molar-refractivity contribution in [2.75, 3.05) is 0 Å². The average Bonchev–Trinajstić information content (AvgIpc) is 2.63. The minimum Gasteiger partial charge on any atom is -0.325 e. The first-order valence-corrected chi connectivity index (χ1v) is 5.81. The number of hydrogen-bond donors (Lipinski definition) is 1. The highest BCUT2D eigenvalue weighted by atomic mass is 79.9. The van der Waals surface area contributed by atoms with Gasteiger partial charge < -0.3 is 10.3 Å². The first kappa shape index (κ1) is 11.3. The largest absolute Gasteiger partial charge is 0.325 e. The highest BCUT2D eigenvalue weighted by Gasteiger charge is 2.06. The van der Waals surface area contributed by atoms with Gasteiger partial charge in [0.05, 0.1) is 17.9 Å². The number of imidazole rings is 1. The van der Waals surface area contributed by atoms with Crippen molar-refractivity contribution >= 4 is 15.9 Å². The summed E-state index contributed by atoms with van der Waals surface area (Å²) in [6.07, 6.45) is 3.61. The molecule has 0 unspecified atom stereocenters. The molecular weight excluding hydrogens is 268 g/mol. The molecule has 0 spiro atoms. The second-order valence-corrected chi connectivity index (χ2v) is 4.47. The van der Waals surface area contributed by atoms with Gasteiger partial charge in [0.15, 0.2) is 0 Å². The fourth-order valence-electron chi connectivity index (χ4n) is 1.56. The Kier molecular flexibility index (Phi) is 3.36. The highest BCUT2D eigenvalue weighted by molar-refractivity contribution is 9.10. The van der Waals surface area contributed by atoms with Crippen LogP contribution in [0.25, 0.3) is 0 Å². The standard InChI is InChI=1S/C11H13BrN4/c1-8-14-6-11(4-13)16(8)7-10-3-2-9(12)5-15-10/h2-3,5-6H,4,7,13H2,1H3. The maximum atomic E-state index is 5.65. The summed E-state index contributed by atoms with van der Waals surface area (Å²) < 4.78 is 3.06. The van der Waals surface area contributed by atoms with Crippen LogP contribution in [-0.2, 0) is 13.1 Å². The van der Waals surface area contributed by atoms with Crippen LogP contribution >= 0.6 is 15.9 Å². The van der Waals surface area contributed by atoms with E-state index in [4.69, 9.17) is 5.73 Å². The van der Waals surface area contributed by atoms with Gasteiger partial charge >= 0.3 is 0 Å². The van der Waals surface area contributed by atoms with Crippen molar-refractivity contribution < 1.29 is 0 Å². The molecule has 0 aliphatic heterocycles. The summed E-state index contributed by atoms with van der Waals surface area (Å²) in [4.78, 5) is 8.58.